The Hall–Kier alpha value is -3.77. The highest BCUT2D eigenvalue weighted by atomic mass is 32.2. The largest absolute Gasteiger partial charge is 0.491 e. The van der Waals surface area contributed by atoms with Gasteiger partial charge in [0.15, 0.2) is 15.6 Å². The van der Waals surface area contributed by atoms with Crippen LogP contribution in [0.15, 0.2) is 59.5 Å². The molecule has 0 heterocycles. The molecule has 0 saturated heterocycles. The Kier molecular flexibility index (Phi) is 9.37. The van der Waals surface area contributed by atoms with E-state index in [1.807, 2.05) is 0 Å². The average molecular weight is 608 g/mol. The van der Waals surface area contributed by atoms with E-state index in [0.29, 0.717) is 30.3 Å². The SMILES string of the molecule is CS(=O)(=O)c1cc(C=O)cc(NC(C(=O)C2CCc3ccc(C(F)(F)F)cc3CC2)c2ccc(F)cc2OCCO)c1. The fourth-order valence-corrected chi connectivity index (χ4v) is 5.78. The highest BCUT2D eigenvalue weighted by Gasteiger charge is 2.34. The van der Waals surface area contributed by atoms with E-state index < -0.39 is 39.4 Å². The predicted molar refractivity (Wildman–Crippen MR) is 147 cm³/mol. The second-order valence-electron chi connectivity index (χ2n) is 10.2. The molecular weight excluding hydrogens is 578 g/mol. The van der Waals surface area contributed by atoms with Crippen LogP contribution in [0.1, 0.15) is 51.5 Å². The lowest BCUT2D eigenvalue weighted by Crippen LogP contribution is -2.29. The molecule has 4 rings (SSSR count). The zero-order chi connectivity index (χ0) is 30.7. The maximum Gasteiger partial charge on any atom is 0.416 e. The summed E-state index contributed by atoms with van der Waals surface area (Å²) in [6.07, 6.45) is -1.93. The van der Waals surface area contributed by atoms with Crippen molar-refractivity contribution < 1.29 is 45.4 Å². The highest BCUT2D eigenvalue weighted by Crippen LogP contribution is 2.37. The van der Waals surface area contributed by atoms with E-state index in [-0.39, 0.29) is 59.3 Å². The van der Waals surface area contributed by atoms with Crippen molar-refractivity contribution in [1.29, 1.82) is 0 Å². The third-order valence-electron chi connectivity index (χ3n) is 7.18. The third-order valence-corrected chi connectivity index (χ3v) is 8.28. The summed E-state index contributed by atoms with van der Waals surface area (Å²) in [6, 6.07) is 9.67. The van der Waals surface area contributed by atoms with Gasteiger partial charge in [0.2, 0.25) is 0 Å². The van der Waals surface area contributed by atoms with Crippen molar-refractivity contribution >= 4 is 27.6 Å². The molecule has 2 N–H and O–H groups in total. The van der Waals surface area contributed by atoms with Crippen molar-refractivity contribution in [1.82, 2.24) is 0 Å². The monoisotopic (exact) mass is 607 g/mol. The Bertz CT molecular complexity index is 1590. The Morgan fingerprint density at radius 1 is 1.07 bits per heavy atom. The van der Waals surface area contributed by atoms with Gasteiger partial charge in [-0.25, -0.2) is 12.8 Å². The number of aliphatic hydroxyl groups excluding tert-OH is 1. The second-order valence-corrected chi connectivity index (χ2v) is 12.2. The summed E-state index contributed by atoms with van der Waals surface area (Å²) in [5, 5.41) is 12.3. The van der Waals surface area contributed by atoms with Crippen LogP contribution in [0.5, 0.6) is 5.75 Å². The molecule has 0 aromatic heterocycles. The van der Waals surface area contributed by atoms with Crippen LogP contribution in [0.4, 0.5) is 23.2 Å². The molecule has 12 heteroatoms. The number of carbonyl (C=O) groups is 2. The van der Waals surface area contributed by atoms with Crippen molar-refractivity contribution in [2.75, 3.05) is 24.8 Å². The van der Waals surface area contributed by atoms with E-state index in [0.717, 1.165) is 30.5 Å². The fourth-order valence-electron chi connectivity index (χ4n) is 5.09. The van der Waals surface area contributed by atoms with Gasteiger partial charge in [0.1, 0.15) is 30.5 Å². The van der Waals surface area contributed by atoms with Gasteiger partial charge in [-0.15, -0.1) is 0 Å². The minimum atomic E-state index is -4.50. The highest BCUT2D eigenvalue weighted by molar-refractivity contribution is 7.90. The summed E-state index contributed by atoms with van der Waals surface area (Å²) in [5.74, 6) is -1.71. The van der Waals surface area contributed by atoms with Gasteiger partial charge in [0.05, 0.1) is 17.1 Å². The van der Waals surface area contributed by atoms with Gasteiger partial charge in [-0.05, 0) is 79.3 Å². The molecule has 0 amide bonds. The Morgan fingerprint density at radius 3 is 2.43 bits per heavy atom. The number of carbonyl (C=O) groups excluding carboxylic acids is 2. The van der Waals surface area contributed by atoms with Gasteiger partial charge >= 0.3 is 6.18 Å². The first-order valence-corrected chi connectivity index (χ1v) is 15.0. The number of hydrogen-bond donors (Lipinski definition) is 2. The molecule has 2 atom stereocenters. The van der Waals surface area contributed by atoms with Crippen molar-refractivity contribution in [2.24, 2.45) is 5.92 Å². The molecule has 42 heavy (non-hydrogen) atoms. The quantitative estimate of drug-likeness (QED) is 0.182. The number of aryl methyl sites for hydroxylation is 2. The number of alkyl halides is 3. The molecule has 3 aromatic rings. The van der Waals surface area contributed by atoms with E-state index in [1.54, 1.807) is 0 Å². The number of ether oxygens (including phenoxy) is 1. The van der Waals surface area contributed by atoms with Gasteiger partial charge in [-0.2, -0.15) is 13.2 Å². The zero-order valence-electron chi connectivity index (χ0n) is 22.6. The van der Waals surface area contributed by atoms with Crippen LogP contribution >= 0.6 is 0 Å². The van der Waals surface area contributed by atoms with Crippen LogP contribution in [0, 0.1) is 11.7 Å². The zero-order valence-corrected chi connectivity index (χ0v) is 23.4. The molecule has 0 bridgehead atoms. The number of fused-ring (bicyclic) bond motifs is 1. The lowest BCUT2D eigenvalue weighted by Gasteiger charge is -2.26. The molecule has 0 fully saturated rings. The van der Waals surface area contributed by atoms with E-state index in [2.05, 4.69) is 5.32 Å². The first-order chi connectivity index (χ1) is 19.8. The summed E-state index contributed by atoms with van der Waals surface area (Å²) in [4.78, 5) is 25.6. The van der Waals surface area contributed by atoms with Crippen LogP contribution < -0.4 is 10.1 Å². The van der Waals surface area contributed by atoms with Crippen LogP contribution in [0.3, 0.4) is 0 Å². The lowest BCUT2D eigenvalue weighted by atomic mass is 9.87. The molecule has 0 radical (unpaired) electrons. The molecule has 2 unspecified atom stereocenters. The molecule has 224 valence electrons. The van der Waals surface area contributed by atoms with E-state index in [9.17, 15) is 40.7 Å². The summed E-state index contributed by atoms with van der Waals surface area (Å²) in [6.45, 7) is -0.585. The normalized spacial score (nSPS) is 16.2. The lowest BCUT2D eigenvalue weighted by molar-refractivity contribution is -0.137. The Balaban J connectivity index is 1.73. The van der Waals surface area contributed by atoms with Gasteiger partial charge in [-0.3, -0.25) is 9.59 Å². The number of benzene rings is 3. The van der Waals surface area contributed by atoms with Crippen molar-refractivity contribution in [3.63, 3.8) is 0 Å². The van der Waals surface area contributed by atoms with Crippen LogP contribution in [-0.2, 0) is 33.6 Å². The predicted octanol–water partition coefficient (Wildman–Crippen LogP) is 5.35. The molecule has 0 aliphatic heterocycles. The second kappa shape index (κ2) is 12.6. The Labute approximate surface area is 240 Å². The molecular formula is C30H29F4NO6S. The topological polar surface area (TPSA) is 110 Å². The van der Waals surface area contributed by atoms with Gasteiger partial charge in [-0.1, -0.05) is 6.07 Å². The minimum Gasteiger partial charge on any atom is -0.491 e. The number of aliphatic hydroxyl groups is 1. The summed E-state index contributed by atoms with van der Waals surface area (Å²) < 4.78 is 84.1. The number of ketones is 1. The van der Waals surface area contributed by atoms with Crippen LogP contribution in [0.2, 0.25) is 0 Å². The number of Topliss-reactive ketones (excluding diaryl/α,β-unsaturated/α-hetero) is 1. The molecule has 3 aromatic carbocycles. The van der Waals surface area contributed by atoms with Crippen molar-refractivity contribution in [2.45, 2.75) is 42.8 Å². The van der Waals surface area contributed by atoms with E-state index in [1.165, 1.54) is 30.3 Å². The minimum absolute atomic E-state index is 0.0310. The number of sulfone groups is 1. The van der Waals surface area contributed by atoms with Crippen molar-refractivity contribution in [3.05, 3.63) is 88.2 Å². The summed E-state index contributed by atoms with van der Waals surface area (Å²) in [7, 11) is -3.74. The third kappa shape index (κ3) is 7.35. The number of halogens is 4. The number of anilines is 1. The maximum atomic E-state index is 14.2. The summed E-state index contributed by atoms with van der Waals surface area (Å²) in [5.41, 5.74) is 0.825. The molecule has 7 nitrogen and oxygen atoms in total. The Morgan fingerprint density at radius 2 is 1.79 bits per heavy atom. The fraction of sp³-hybridized carbons (Fsp3) is 0.333. The van der Waals surface area contributed by atoms with Gasteiger partial charge in [0, 0.05) is 35.1 Å². The number of aldehydes is 1. The average Bonchev–Trinajstić information content (AvgIpc) is 3.16. The first kappa shape index (κ1) is 31.2. The maximum absolute atomic E-state index is 14.2. The first-order valence-electron chi connectivity index (χ1n) is 13.1. The molecule has 1 aliphatic rings. The number of hydrogen-bond acceptors (Lipinski definition) is 7. The molecule has 1 aliphatic carbocycles. The van der Waals surface area contributed by atoms with Gasteiger partial charge in [0.25, 0.3) is 0 Å². The molecule has 0 saturated carbocycles. The van der Waals surface area contributed by atoms with E-state index in [4.69, 9.17) is 4.74 Å². The molecule has 0 spiro atoms. The van der Waals surface area contributed by atoms with Crippen LogP contribution in [0.25, 0.3) is 0 Å². The standard InChI is InChI=1S/C30H29F4NO6S/c1-42(39,40)25-13-18(17-37)12-24(16-25)35-28(26-9-8-23(31)15-27(26)41-11-10-36)29(38)20-3-2-19-6-7-22(30(32,33)34)14-21(19)5-4-20/h6-9,12-17,20,28,35-36H,2-5,10-11H2,1H3. The summed E-state index contributed by atoms with van der Waals surface area (Å²) >= 11 is 0. The van der Waals surface area contributed by atoms with E-state index >= 15 is 0 Å². The smallest absolute Gasteiger partial charge is 0.416 e. The van der Waals surface area contributed by atoms with Gasteiger partial charge < -0.3 is 15.2 Å². The number of rotatable bonds is 10. The van der Waals surface area contributed by atoms with Crippen LogP contribution in [-0.4, -0.2) is 45.1 Å². The number of nitrogens with one attached hydrogen (secondary N) is 1. The van der Waals surface area contributed by atoms with Crippen molar-refractivity contribution in [3.8, 4) is 5.75 Å².